The summed E-state index contributed by atoms with van der Waals surface area (Å²) in [6.45, 7) is 2.13. The smallest absolute Gasteiger partial charge is 0.0474 e. The molecule has 3 heteroatoms. The van der Waals surface area contributed by atoms with E-state index in [1.54, 1.807) is 0 Å². The van der Waals surface area contributed by atoms with E-state index in [4.69, 9.17) is 17.3 Å². The van der Waals surface area contributed by atoms with Crippen LogP contribution in [0.1, 0.15) is 31.4 Å². The Morgan fingerprint density at radius 2 is 2.07 bits per heavy atom. The largest absolute Gasteiger partial charge is 0.378 e. The topological polar surface area (TPSA) is 29.3 Å². The molecule has 2 nitrogen and oxygen atoms in total. The van der Waals surface area contributed by atoms with Gasteiger partial charge in [0.05, 0.1) is 0 Å². The number of benzene rings is 1. The lowest BCUT2D eigenvalue weighted by Gasteiger charge is -2.17. The van der Waals surface area contributed by atoms with E-state index in [0.29, 0.717) is 0 Å². The van der Waals surface area contributed by atoms with Gasteiger partial charge >= 0.3 is 0 Å². The molecule has 0 saturated heterocycles. The van der Waals surface area contributed by atoms with Crippen molar-refractivity contribution in [1.82, 2.24) is 0 Å². The van der Waals surface area contributed by atoms with E-state index in [9.17, 15) is 0 Å². The van der Waals surface area contributed by atoms with Gasteiger partial charge in [0.2, 0.25) is 0 Å². The Morgan fingerprint density at radius 3 is 2.53 bits per heavy atom. The molecule has 0 bridgehead atoms. The van der Waals surface area contributed by atoms with Crippen molar-refractivity contribution in [3.63, 3.8) is 0 Å². The first-order valence-corrected chi connectivity index (χ1v) is 5.66. The van der Waals surface area contributed by atoms with Crippen LogP contribution in [0.25, 0.3) is 0 Å². The zero-order chi connectivity index (χ0) is 11.4. The van der Waals surface area contributed by atoms with Crippen molar-refractivity contribution in [2.24, 2.45) is 5.73 Å². The van der Waals surface area contributed by atoms with Gasteiger partial charge in [-0.3, -0.25) is 0 Å². The molecule has 0 radical (unpaired) electrons. The molecule has 0 heterocycles. The minimum atomic E-state index is 0.0544. The van der Waals surface area contributed by atoms with E-state index >= 15 is 0 Å². The molecule has 0 aliphatic carbocycles. The lowest BCUT2D eigenvalue weighted by Crippen LogP contribution is -2.12. The highest BCUT2D eigenvalue weighted by molar-refractivity contribution is 6.31. The van der Waals surface area contributed by atoms with Crippen molar-refractivity contribution in [3.05, 3.63) is 28.8 Å². The van der Waals surface area contributed by atoms with Crippen LogP contribution in [0.4, 0.5) is 5.69 Å². The average molecular weight is 227 g/mol. The summed E-state index contributed by atoms with van der Waals surface area (Å²) in [6.07, 6.45) is 2.05. The monoisotopic (exact) mass is 226 g/mol. The lowest BCUT2D eigenvalue weighted by molar-refractivity contribution is 0.638. The molecule has 0 spiro atoms. The summed E-state index contributed by atoms with van der Waals surface area (Å²) in [5, 5.41) is 0.766. The molecule has 1 aromatic rings. The predicted molar refractivity (Wildman–Crippen MR) is 67.6 cm³/mol. The van der Waals surface area contributed by atoms with E-state index in [1.165, 1.54) is 0 Å². The van der Waals surface area contributed by atoms with Gasteiger partial charge < -0.3 is 10.6 Å². The molecule has 0 amide bonds. The van der Waals surface area contributed by atoms with E-state index in [2.05, 4.69) is 13.0 Å². The average Bonchev–Trinajstić information content (AvgIpc) is 2.17. The third-order valence-electron chi connectivity index (χ3n) is 2.50. The minimum Gasteiger partial charge on any atom is -0.378 e. The first-order valence-electron chi connectivity index (χ1n) is 5.28. The number of hydrogen-bond donors (Lipinski definition) is 1. The summed E-state index contributed by atoms with van der Waals surface area (Å²) < 4.78 is 0. The SMILES string of the molecule is CCC[C@@H](N)c1ccc(N(C)C)cc1Cl. The number of nitrogens with zero attached hydrogens (tertiary/aromatic N) is 1. The number of anilines is 1. The number of rotatable bonds is 4. The standard InChI is InChI=1S/C12H19ClN2/c1-4-5-12(14)10-7-6-9(15(2)3)8-11(10)13/h6-8,12H,4-5,14H2,1-3H3/t12-/m1/s1. The quantitative estimate of drug-likeness (QED) is 0.855. The fourth-order valence-corrected chi connectivity index (χ4v) is 1.88. The van der Waals surface area contributed by atoms with Gasteiger partial charge in [0.25, 0.3) is 0 Å². The molecule has 0 saturated carbocycles. The fraction of sp³-hybridized carbons (Fsp3) is 0.500. The maximum Gasteiger partial charge on any atom is 0.0474 e. The molecule has 0 fully saturated rings. The molecule has 2 N–H and O–H groups in total. The van der Waals surface area contributed by atoms with Crippen molar-refractivity contribution in [2.45, 2.75) is 25.8 Å². The van der Waals surface area contributed by atoms with Gasteiger partial charge in [0.1, 0.15) is 0 Å². The van der Waals surface area contributed by atoms with Gasteiger partial charge in [0, 0.05) is 30.8 Å². The van der Waals surface area contributed by atoms with Crippen molar-refractivity contribution in [1.29, 1.82) is 0 Å². The van der Waals surface area contributed by atoms with Gasteiger partial charge in [-0.1, -0.05) is 31.0 Å². The summed E-state index contributed by atoms with van der Waals surface area (Å²) in [4.78, 5) is 2.03. The summed E-state index contributed by atoms with van der Waals surface area (Å²) in [7, 11) is 3.99. The van der Waals surface area contributed by atoms with Crippen molar-refractivity contribution in [2.75, 3.05) is 19.0 Å². The first-order chi connectivity index (χ1) is 7.06. The van der Waals surface area contributed by atoms with Gasteiger partial charge in [-0.05, 0) is 24.1 Å². The zero-order valence-electron chi connectivity index (χ0n) is 9.63. The van der Waals surface area contributed by atoms with Crippen molar-refractivity contribution in [3.8, 4) is 0 Å². The maximum atomic E-state index is 6.20. The number of nitrogens with two attached hydrogens (primary N) is 1. The Morgan fingerprint density at radius 1 is 1.40 bits per heavy atom. The molecule has 1 aromatic carbocycles. The summed E-state index contributed by atoms with van der Waals surface area (Å²) >= 11 is 6.20. The second kappa shape index (κ2) is 5.38. The Hall–Kier alpha value is -0.730. The highest BCUT2D eigenvalue weighted by atomic mass is 35.5. The van der Waals surface area contributed by atoms with Gasteiger partial charge in [-0.2, -0.15) is 0 Å². The van der Waals surface area contributed by atoms with Crippen LogP contribution in [0.2, 0.25) is 5.02 Å². The second-order valence-electron chi connectivity index (χ2n) is 4.00. The summed E-state index contributed by atoms with van der Waals surface area (Å²) in [5.74, 6) is 0. The third kappa shape index (κ3) is 3.11. The molecule has 0 aliphatic heterocycles. The van der Waals surface area contributed by atoms with Crippen molar-refractivity contribution >= 4 is 17.3 Å². The molecule has 84 valence electrons. The van der Waals surface area contributed by atoms with Gasteiger partial charge in [0.15, 0.2) is 0 Å². The van der Waals surface area contributed by atoms with Crippen LogP contribution in [-0.4, -0.2) is 14.1 Å². The van der Waals surface area contributed by atoms with Gasteiger partial charge in [-0.25, -0.2) is 0 Å². The van der Waals surface area contributed by atoms with Crippen LogP contribution in [0.5, 0.6) is 0 Å². The normalized spacial score (nSPS) is 12.6. The van der Waals surface area contributed by atoms with Crippen molar-refractivity contribution < 1.29 is 0 Å². The highest BCUT2D eigenvalue weighted by Gasteiger charge is 2.10. The van der Waals surface area contributed by atoms with Crippen LogP contribution in [0.3, 0.4) is 0 Å². The summed E-state index contributed by atoms with van der Waals surface area (Å²) in [5.41, 5.74) is 8.18. The van der Waals surface area contributed by atoms with Crippen LogP contribution in [-0.2, 0) is 0 Å². The minimum absolute atomic E-state index is 0.0544. The molecule has 0 aliphatic rings. The Balaban J connectivity index is 2.92. The molecule has 1 rings (SSSR count). The molecular formula is C12H19ClN2. The fourth-order valence-electron chi connectivity index (χ4n) is 1.56. The van der Waals surface area contributed by atoms with E-state index in [1.807, 2.05) is 31.1 Å². The lowest BCUT2D eigenvalue weighted by atomic mass is 10.0. The molecular weight excluding hydrogens is 208 g/mol. The van der Waals surface area contributed by atoms with Crippen LogP contribution >= 0.6 is 11.6 Å². The molecule has 15 heavy (non-hydrogen) atoms. The third-order valence-corrected chi connectivity index (χ3v) is 2.83. The predicted octanol–water partition coefficient (Wildman–Crippen LogP) is 3.21. The molecule has 1 atom stereocenters. The first kappa shape index (κ1) is 12.3. The molecule has 0 unspecified atom stereocenters. The number of hydrogen-bond acceptors (Lipinski definition) is 2. The maximum absolute atomic E-state index is 6.20. The van der Waals surface area contributed by atoms with Crippen LogP contribution < -0.4 is 10.6 Å². The van der Waals surface area contributed by atoms with Gasteiger partial charge in [-0.15, -0.1) is 0 Å². The summed E-state index contributed by atoms with van der Waals surface area (Å²) in [6, 6.07) is 6.10. The Bertz CT molecular complexity index is 323. The van der Waals surface area contributed by atoms with E-state index < -0.39 is 0 Å². The number of halogens is 1. The van der Waals surface area contributed by atoms with E-state index in [-0.39, 0.29) is 6.04 Å². The van der Waals surface area contributed by atoms with Crippen LogP contribution in [0.15, 0.2) is 18.2 Å². The zero-order valence-corrected chi connectivity index (χ0v) is 10.4. The van der Waals surface area contributed by atoms with E-state index in [0.717, 1.165) is 29.1 Å². The van der Waals surface area contributed by atoms with Crippen LogP contribution in [0, 0.1) is 0 Å². The second-order valence-corrected chi connectivity index (χ2v) is 4.40. The highest BCUT2D eigenvalue weighted by Crippen LogP contribution is 2.28. The Labute approximate surface area is 97.0 Å². The molecule has 0 aromatic heterocycles. The Kier molecular flexibility index (Phi) is 4.43.